The summed E-state index contributed by atoms with van der Waals surface area (Å²) in [6.07, 6.45) is 2.28. The summed E-state index contributed by atoms with van der Waals surface area (Å²) in [5, 5.41) is 6.13. The molecule has 7 heteroatoms. The van der Waals surface area contributed by atoms with E-state index < -0.39 is 0 Å². The summed E-state index contributed by atoms with van der Waals surface area (Å²) in [4.78, 5) is 15.7. The third kappa shape index (κ3) is 2.91. The number of H-pyrrole nitrogens is 1. The Morgan fingerprint density at radius 3 is 3.00 bits per heavy atom. The first kappa shape index (κ1) is 13.3. The van der Waals surface area contributed by atoms with Gasteiger partial charge < -0.3 is 15.6 Å². The van der Waals surface area contributed by atoms with Crippen LogP contribution in [0.15, 0.2) is 30.6 Å². The van der Waals surface area contributed by atoms with Gasteiger partial charge in [-0.2, -0.15) is 9.97 Å². The van der Waals surface area contributed by atoms with Crippen molar-refractivity contribution >= 4 is 22.9 Å². The molecule has 0 amide bonds. The van der Waals surface area contributed by atoms with Crippen molar-refractivity contribution in [2.45, 2.75) is 6.42 Å². The van der Waals surface area contributed by atoms with Crippen LogP contribution < -0.4 is 10.6 Å². The normalized spacial score (nSPS) is 10.8. The number of imidazole rings is 1. The van der Waals surface area contributed by atoms with E-state index >= 15 is 0 Å². The topological polar surface area (TPSA) is 78.5 Å². The zero-order chi connectivity index (χ0) is 14.7. The Hall–Kier alpha value is -2.70. The van der Waals surface area contributed by atoms with Gasteiger partial charge in [-0.3, -0.25) is 0 Å². The van der Waals surface area contributed by atoms with Crippen LogP contribution in [0.5, 0.6) is 0 Å². The molecule has 6 nitrogen and oxygen atoms in total. The Bertz CT molecular complexity index is 754. The fourth-order valence-corrected chi connectivity index (χ4v) is 2.09. The van der Waals surface area contributed by atoms with Crippen LogP contribution >= 0.6 is 0 Å². The Balaban J connectivity index is 1.74. The predicted molar refractivity (Wildman–Crippen MR) is 79.8 cm³/mol. The first-order valence-corrected chi connectivity index (χ1v) is 6.63. The summed E-state index contributed by atoms with van der Waals surface area (Å²) in [6, 6.07) is 6.58. The summed E-state index contributed by atoms with van der Waals surface area (Å²) in [6.45, 7) is 0.637. The smallest absolute Gasteiger partial charge is 0.226 e. The SMILES string of the molecule is CNc1nc(NCCc2cccc(F)c2)c2[nH]cnc2n1. The van der Waals surface area contributed by atoms with Gasteiger partial charge in [0.2, 0.25) is 5.95 Å². The van der Waals surface area contributed by atoms with Crippen LogP contribution in [0, 0.1) is 5.82 Å². The monoisotopic (exact) mass is 286 g/mol. The standard InChI is InChI=1S/C14H15FN6/c1-16-14-20-12(11-13(21-14)19-8-18-11)17-6-5-9-3-2-4-10(15)7-9/h2-4,7-8H,5-6H2,1H3,(H3,16,17,18,19,20,21). The first-order chi connectivity index (χ1) is 10.3. The highest BCUT2D eigenvalue weighted by Crippen LogP contribution is 2.18. The van der Waals surface area contributed by atoms with Gasteiger partial charge in [-0.15, -0.1) is 0 Å². The molecule has 0 aliphatic carbocycles. The molecule has 0 aliphatic heterocycles. The molecule has 0 fully saturated rings. The van der Waals surface area contributed by atoms with Crippen LogP contribution in [0.25, 0.3) is 11.2 Å². The number of fused-ring (bicyclic) bond motifs is 1. The Kier molecular flexibility index (Phi) is 3.63. The van der Waals surface area contributed by atoms with Crippen LogP contribution in [-0.4, -0.2) is 33.5 Å². The van der Waals surface area contributed by atoms with E-state index in [1.54, 1.807) is 19.4 Å². The van der Waals surface area contributed by atoms with E-state index in [0.29, 0.717) is 30.4 Å². The van der Waals surface area contributed by atoms with E-state index in [1.807, 2.05) is 6.07 Å². The maximum absolute atomic E-state index is 13.1. The summed E-state index contributed by atoms with van der Waals surface area (Å²) in [5.74, 6) is 0.962. The van der Waals surface area contributed by atoms with Crippen LogP contribution in [0.1, 0.15) is 5.56 Å². The van der Waals surface area contributed by atoms with E-state index in [-0.39, 0.29) is 5.82 Å². The maximum atomic E-state index is 13.1. The second kappa shape index (κ2) is 5.74. The Morgan fingerprint density at radius 2 is 2.19 bits per heavy atom. The van der Waals surface area contributed by atoms with E-state index in [2.05, 4.69) is 30.6 Å². The minimum Gasteiger partial charge on any atom is -0.368 e. The fourth-order valence-electron chi connectivity index (χ4n) is 2.09. The van der Waals surface area contributed by atoms with Crippen LogP contribution in [0.4, 0.5) is 16.2 Å². The molecule has 2 aromatic heterocycles. The minimum atomic E-state index is -0.219. The predicted octanol–water partition coefficient (Wildman–Crippen LogP) is 2.19. The van der Waals surface area contributed by atoms with E-state index in [0.717, 1.165) is 11.1 Å². The molecule has 0 aliphatic rings. The molecular weight excluding hydrogens is 271 g/mol. The van der Waals surface area contributed by atoms with Gasteiger partial charge in [-0.25, -0.2) is 9.37 Å². The number of hydrogen-bond donors (Lipinski definition) is 3. The quantitative estimate of drug-likeness (QED) is 0.670. The molecule has 3 aromatic rings. The molecule has 3 rings (SSSR count). The summed E-state index contributed by atoms with van der Waals surface area (Å²) >= 11 is 0. The van der Waals surface area contributed by atoms with Gasteiger partial charge in [0, 0.05) is 13.6 Å². The van der Waals surface area contributed by atoms with Gasteiger partial charge in [0.15, 0.2) is 11.5 Å². The first-order valence-electron chi connectivity index (χ1n) is 6.63. The number of aromatic nitrogens is 4. The highest BCUT2D eigenvalue weighted by molar-refractivity contribution is 5.83. The second-order valence-corrected chi connectivity index (χ2v) is 4.55. The van der Waals surface area contributed by atoms with Gasteiger partial charge in [-0.05, 0) is 24.1 Å². The van der Waals surface area contributed by atoms with Crippen molar-refractivity contribution in [2.24, 2.45) is 0 Å². The minimum absolute atomic E-state index is 0.219. The molecule has 0 unspecified atom stereocenters. The molecule has 3 N–H and O–H groups in total. The third-order valence-electron chi connectivity index (χ3n) is 3.10. The lowest BCUT2D eigenvalue weighted by atomic mass is 10.1. The molecular formula is C14H15FN6. The van der Waals surface area contributed by atoms with E-state index in [4.69, 9.17) is 0 Å². The Morgan fingerprint density at radius 1 is 1.29 bits per heavy atom. The molecule has 0 saturated carbocycles. The molecule has 108 valence electrons. The number of halogens is 1. The highest BCUT2D eigenvalue weighted by atomic mass is 19.1. The number of nitrogens with zero attached hydrogens (tertiary/aromatic N) is 3. The summed E-state index contributed by atoms with van der Waals surface area (Å²) in [7, 11) is 1.75. The van der Waals surface area contributed by atoms with Crippen LogP contribution in [0.2, 0.25) is 0 Å². The van der Waals surface area contributed by atoms with Crippen LogP contribution in [-0.2, 0) is 6.42 Å². The molecule has 0 bridgehead atoms. The molecule has 0 radical (unpaired) electrons. The highest BCUT2D eigenvalue weighted by Gasteiger charge is 2.08. The van der Waals surface area contributed by atoms with E-state index in [9.17, 15) is 4.39 Å². The second-order valence-electron chi connectivity index (χ2n) is 4.55. The molecule has 0 atom stereocenters. The van der Waals surface area contributed by atoms with Crippen molar-refractivity contribution in [1.29, 1.82) is 0 Å². The average Bonchev–Trinajstić information content (AvgIpc) is 2.95. The van der Waals surface area contributed by atoms with Crippen LogP contribution in [0.3, 0.4) is 0 Å². The molecule has 0 spiro atoms. The number of nitrogens with one attached hydrogen (secondary N) is 3. The number of rotatable bonds is 5. The maximum Gasteiger partial charge on any atom is 0.226 e. The summed E-state index contributed by atoms with van der Waals surface area (Å²) in [5.41, 5.74) is 2.29. The zero-order valence-electron chi connectivity index (χ0n) is 11.5. The van der Waals surface area contributed by atoms with Crippen molar-refractivity contribution in [3.63, 3.8) is 0 Å². The van der Waals surface area contributed by atoms with Gasteiger partial charge in [-0.1, -0.05) is 12.1 Å². The molecule has 1 aromatic carbocycles. The van der Waals surface area contributed by atoms with E-state index in [1.165, 1.54) is 12.1 Å². The van der Waals surface area contributed by atoms with Gasteiger partial charge >= 0.3 is 0 Å². The molecule has 21 heavy (non-hydrogen) atoms. The number of benzene rings is 1. The number of aromatic amines is 1. The lowest BCUT2D eigenvalue weighted by molar-refractivity contribution is 0.625. The number of anilines is 2. The van der Waals surface area contributed by atoms with Gasteiger partial charge in [0.25, 0.3) is 0 Å². The largest absolute Gasteiger partial charge is 0.368 e. The Labute approximate surface area is 120 Å². The molecule has 0 saturated heterocycles. The average molecular weight is 286 g/mol. The van der Waals surface area contributed by atoms with Crippen molar-refractivity contribution in [1.82, 2.24) is 19.9 Å². The number of hydrogen-bond acceptors (Lipinski definition) is 5. The zero-order valence-corrected chi connectivity index (χ0v) is 11.5. The lowest BCUT2D eigenvalue weighted by Crippen LogP contribution is -2.09. The third-order valence-corrected chi connectivity index (χ3v) is 3.10. The summed E-state index contributed by atoms with van der Waals surface area (Å²) < 4.78 is 13.1. The van der Waals surface area contributed by atoms with Gasteiger partial charge in [0.1, 0.15) is 11.3 Å². The lowest BCUT2D eigenvalue weighted by Gasteiger charge is -2.08. The van der Waals surface area contributed by atoms with Gasteiger partial charge in [0.05, 0.1) is 6.33 Å². The van der Waals surface area contributed by atoms with Crippen molar-refractivity contribution in [2.75, 3.05) is 24.2 Å². The van der Waals surface area contributed by atoms with Crippen molar-refractivity contribution in [3.05, 3.63) is 42.0 Å². The van der Waals surface area contributed by atoms with Crippen molar-refractivity contribution < 1.29 is 4.39 Å². The van der Waals surface area contributed by atoms with Crippen molar-refractivity contribution in [3.8, 4) is 0 Å². The molecule has 2 heterocycles. The fraction of sp³-hybridized carbons (Fsp3) is 0.214.